The lowest BCUT2D eigenvalue weighted by Gasteiger charge is -2.21. The first-order valence-electron chi connectivity index (χ1n) is 16.5. The Hall–Kier alpha value is -5.47. The highest BCUT2D eigenvalue weighted by Gasteiger charge is 2.38. The van der Waals surface area contributed by atoms with E-state index in [0.29, 0.717) is 66.7 Å². The van der Waals surface area contributed by atoms with Gasteiger partial charge in [-0.15, -0.1) is 0 Å². The Morgan fingerprint density at radius 3 is 2.50 bits per heavy atom. The lowest BCUT2D eigenvalue weighted by atomic mass is 10.00. The van der Waals surface area contributed by atoms with Gasteiger partial charge in [-0.1, -0.05) is 35.9 Å². The summed E-state index contributed by atoms with van der Waals surface area (Å²) in [6.07, 6.45) is 2.35. The van der Waals surface area contributed by atoms with Gasteiger partial charge in [-0.25, -0.2) is 26.6 Å². The number of sulfonamides is 1. The fourth-order valence-corrected chi connectivity index (χ4v) is 7.54. The van der Waals surface area contributed by atoms with Crippen molar-refractivity contribution >= 4 is 59.9 Å². The molecule has 0 atom stereocenters. The predicted octanol–water partition coefficient (Wildman–Crippen LogP) is 7.16. The molecule has 1 amide bonds. The molecule has 266 valence electrons. The van der Waals surface area contributed by atoms with Crippen LogP contribution in [0.1, 0.15) is 28.2 Å². The average Bonchev–Trinajstić information content (AvgIpc) is 3.80. The molecule has 1 N–H and O–H groups in total. The van der Waals surface area contributed by atoms with Crippen LogP contribution in [0.15, 0.2) is 77.3 Å². The number of likely N-dealkylation sites (tertiary alicyclic amines) is 1. The van der Waals surface area contributed by atoms with E-state index in [-0.39, 0.29) is 30.8 Å². The topological polar surface area (TPSA) is 113 Å². The molecular formula is C38H33F3N6O4S. The van der Waals surface area contributed by atoms with Crippen LogP contribution in [0.25, 0.3) is 60.9 Å². The van der Waals surface area contributed by atoms with Crippen molar-refractivity contribution in [2.75, 3.05) is 37.7 Å². The highest BCUT2D eigenvalue weighted by atomic mass is 32.2. The molecule has 14 heteroatoms. The Labute approximate surface area is 296 Å². The Bertz CT molecular complexity index is 2710. The molecule has 0 saturated carbocycles. The van der Waals surface area contributed by atoms with Crippen LogP contribution in [-0.4, -0.2) is 73.0 Å². The maximum absolute atomic E-state index is 15.2. The number of aromatic nitrogens is 3. The summed E-state index contributed by atoms with van der Waals surface area (Å²) in [6.45, 7) is 1.84. The van der Waals surface area contributed by atoms with Crippen molar-refractivity contribution in [2.24, 2.45) is 0 Å². The summed E-state index contributed by atoms with van der Waals surface area (Å²) < 4.78 is 78.7. The van der Waals surface area contributed by atoms with E-state index in [1.165, 1.54) is 26.4 Å². The Morgan fingerprint density at radius 2 is 1.81 bits per heavy atom. The molecule has 1 aliphatic rings. The summed E-state index contributed by atoms with van der Waals surface area (Å²) >= 11 is 0. The number of anilines is 1. The summed E-state index contributed by atoms with van der Waals surface area (Å²) in [6, 6.07) is 18.9. The van der Waals surface area contributed by atoms with E-state index in [9.17, 15) is 22.0 Å². The number of nitrogens with one attached hydrogen (secondary N) is 1. The van der Waals surface area contributed by atoms with Crippen LogP contribution < -0.4 is 9.62 Å². The molecule has 52 heavy (non-hydrogen) atoms. The number of hydrogen-bond donors (Lipinski definition) is 1. The second kappa shape index (κ2) is 12.1. The molecule has 10 nitrogen and oxygen atoms in total. The number of alkyl halides is 2. The lowest BCUT2D eigenvalue weighted by Crippen LogP contribution is -2.26. The molecule has 5 heterocycles. The normalized spacial score (nSPS) is 15.0. The zero-order valence-electron chi connectivity index (χ0n) is 28.7. The first-order valence-corrected chi connectivity index (χ1v) is 18.4. The number of hydrogen-bond acceptors (Lipinski definition) is 7. The van der Waals surface area contributed by atoms with Crippen LogP contribution in [-0.2, 0) is 16.6 Å². The number of pyridine rings is 1. The summed E-state index contributed by atoms with van der Waals surface area (Å²) in [4.78, 5) is 24.6. The van der Waals surface area contributed by atoms with Crippen molar-refractivity contribution in [3.63, 3.8) is 0 Å². The van der Waals surface area contributed by atoms with Gasteiger partial charge in [-0.2, -0.15) is 0 Å². The molecule has 0 aliphatic carbocycles. The van der Waals surface area contributed by atoms with Gasteiger partial charge in [-0.05, 0) is 37.3 Å². The van der Waals surface area contributed by atoms with Crippen LogP contribution in [0, 0.1) is 12.7 Å². The first-order chi connectivity index (χ1) is 24.7. The zero-order valence-corrected chi connectivity index (χ0v) is 29.5. The third kappa shape index (κ3) is 5.62. The number of amides is 1. The smallest absolute Gasteiger partial charge is 0.261 e. The van der Waals surface area contributed by atoms with Crippen molar-refractivity contribution in [1.82, 2.24) is 24.6 Å². The van der Waals surface area contributed by atoms with Crippen LogP contribution in [0.3, 0.4) is 0 Å². The Balaban J connectivity index is 1.39. The predicted molar refractivity (Wildman–Crippen MR) is 195 cm³/mol. The summed E-state index contributed by atoms with van der Waals surface area (Å²) in [7, 11) is -0.857. The summed E-state index contributed by atoms with van der Waals surface area (Å²) in [5, 5.41) is 4.04. The number of benzene rings is 3. The van der Waals surface area contributed by atoms with Gasteiger partial charge in [0.05, 0.1) is 59.0 Å². The first kappa shape index (κ1) is 33.7. The average molecular weight is 727 g/mol. The molecule has 0 radical (unpaired) electrons. The van der Waals surface area contributed by atoms with E-state index in [4.69, 9.17) is 14.4 Å². The molecule has 1 saturated heterocycles. The number of carbonyl (C=O) groups excluding carboxylic acids is 1. The molecule has 0 unspecified atom stereocenters. The Morgan fingerprint density at radius 1 is 1.04 bits per heavy atom. The number of rotatable bonds is 7. The van der Waals surface area contributed by atoms with Crippen LogP contribution in [0.5, 0.6) is 0 Å². The van der Waals surface area contributed by atoms with Gasteiger partial charge in [0.25, 0.3) is 11.8 Å². The fraction of sp³-hybridized carbons (Fsp3) is 0.237. The zero-order chi connectivity index (χ0) is 36.7. The van der Waals surface area contributed by atoms with Gasteiger partial charge in [0.1, 0.15) is 23.0 Å². The van der Waals surface area contributed by atoms with Crippen LogP contribution >= 0.6 is 0 Å². The standard InChI is InChI=1S/C38H33F3N6O4S/c1-21-8-10-22(11-9-21)36-35(37(48)42-2)26-14-24(31(17-33(26)51-36)45(3)52(4,49)50)28-15-25-29(18-43-28)44-34(19-46-13-12-38(40,41)20-46)47-30-7-5-6-27(39)23(30)16-32(25)47/h5-11,14-18H,12-13,19-20H2,1-4H3,(H,42,48). The van der Waals surface area contributed by atoms with E-state index in [0.717, 1.165) is 16.1 Å². The van der Waals surface area contributed by atoms with Gasteiger partial charge in [0.2, 0.25) is 10.0 Å². The number of halogens is 3. The molecule has 0 spiro atoms. The minimum absolute atomic E-state index is 0.107. The number of carbonyl (C=O) groups is 1. The highest BCUT2D eigenvalue weighted by molar-refractivity contribution is 7.92. The third-order valence-electron chi connectivity index (χ3n) is 9.76. The van der Waals surface area contributed by atoms with Crippen molar-refractivity contribution in [1.29, 1.82) is 0 Å². The van der Waals surface area contributed by atoms with Gasteiger partial charge >= 0.3 is 0 Å². The fourth-order valence-electron chi connectivity index (χ4n) is 7.03. The molecule has 1 fully saturated rings. The van der Waals surface area contributed by atoms with Gasteiger partial charge in [0, 0.05) is 60.4 Å². The van der Waals surface area contributed by atoms with Gasteiger partial charge in [-0.3, -0.25) is 23.4 Å². The van der Waals surface area contributed by atoms with Crippen molar-refractivity contribution in [3.8, 4) is 22.6 Å². The molecular weight excluding hydrogens is 694 g/mol. The van der Waals surface area contributed by atoms with Crippen LogP contribution in [0.2, 0.25) is 0 Å². The Kier molecular flexibility index (Phi) is 7.81. The van der Waals surface area contributed by atoms with Gasteiger partial charge in [0.15, 0.2) is 0 Å². The van der Waals surface area contributed by atoms with E-state index in [1.807, 2.05) is 31.2 Å². The number of furan rings is 1. The maximum Gasteiger partial charge on any atom is 0.261 e. The number of aryl methyl sites for hydroxylation is 1. The summed E-state index contributed by atoms with van der Waals surface area (Å²) in [5.74, 6) is -2.88. The van der Waals surface area contributed by atoms with E-state index < -0.39 is 34.2 Å². The molecule has 1 aliphatic heterocycles. The second-order valence-electron chi connectivity index (χ2n) is 13.3. The number of fused-ring (bicyclic) bond motifs is 6. The van der Waals surface area contributed by atoms with Crippen LogP contribution in [0.4, 0.5) is 18.9 Å². The van der Waals surface area contributed by atoms with E-state index >= 15 is 4.39 Å². The maximum atomic E-state index is 15.2. The number of nitrogens with zero attached hydrogens (tertiary/aromatic N) is 5. The largest absolute Gasteiger partial charge is 0.455 e. The second-order valence-corrected chi connectivity index (χ2v) is 15.3. The molecule has 4 aromatic heterocycles. The molecule has 7 aromatic rings. The highest BCUT2D eigenvalue weighted by Crippen LogP contribution is 2.42. The minimum atomic E-state index is -3.79. The van der Waals surface area contributed by atoms with E-state index in [2.05, 4.69) is 5.32 Å². The minimum Gasteiger partial charge on any atom is -0.455 e. The van der Waals surface area contributed by atoms with Crippen molar-refractivity contribution in [2.45, 2.75) is 25.8 Å². The third-order valence-corrected chi connectivity index (χ3v) is 11.0. The van der Waals surface area contributed by atoms with E-state index in [1.54, 1.807) is 45.7 Å². The SMILES string of the molecule is CNC(=O)c1c(-c2ccc(C)cc2)oc2cc(N(C)S(C)(=O)=O)c(-c3cc4c(cn3)nc(CN3CCC(F)(F)C3)n3c5cccc(F)c5cc43)cc12. The van der Waals surface area contributed by atoms with Crippen molar-refractivity contribution < 1.29 is 30.8 Å². The van der Waals surface area contributed by atoms with Gasteiger partial charge < -0.3 is 9.73 Å². The quantitative estimate of drug-likeness (QED) is 0.186. The molecule has 3 aromatic carbocycles. The lowest BCUT2D eigenvalue weighted by molar-refractivity contribution is 0.0112. The molecule has 0 bridgehead atoms. The molecule has 8 rings (SSSR count). The summed E-state index contributed by atoms with van der Waals surface area (Å²) in [5.41, 5.74) is 4.77. The monoisotopic (exact) mass is 726 g/mol. The van der Waals surface area contributed by atoms with Crippen molar-refractivity contribution in [3.05, 3.63) is 95.7 Å².